The van der Waals surface area contributed by atoms with E-state index in [0.29, 0.717) is 28.6 Å². The van der Waals surface area contributed by atoms with E-state index >= 15 is 0 Å². The van der Waals surface area contributed by atoms with Crippen LogP contribution in [0.4, 0.5) is 5.69 Å². The number of carbonyl (C=O) groups is 3. The van der Waals surface area contributed by atoms with Crippen LogP contribution in [-0.4, -0.2) is 41.2 Å². The van der Waals surface area contributed by atoms with E-state index < -0.39 is 6.04 Å². The zero-order valence-electron chi connectivity index (χ0n) is 22.1. The lowest BCUT2D eigenvalue weighted by atomic mass is 9.95. The minimum Gasteiger partial charge on any atom is -0.352 e. The topological polar surface area (TPSA) is 69.7 Å². The predicted octanol–water partition coefficient (Wildman–Crippen LogP) is 6.75. The summed E-state index contributed by atoms with van der Waals surface area (Å²) in [7, 11) is 0. The molecule has 1 aliphatic carbocycles. The van der Waals surface area contributed by atoms with Gasteiger partial charge >= 0.3 is 0 Å². The first kappa shape index (κ1) is 27.5. The number of amides is 3. The molecule has 0 saturated heterocycles. The number of nitrogens with one attached hydrogen (secondary N) is 1. The third-order valence-corrected chi connectivity index (χ3v) is 8.48. The fourth-order valence-corrected chi connectivity index (χ4v) is 6.19. The average molecular weight is 567 g/mol. The van der Waals surface area contributed by atoms with Gasteiger partial charge < -0.3 is 15.1 Å². The molecule has 1 N–H and O–H groups in total. The first-order chi connectivity index (χ1) is 18.8. The van der Waals surface area contributed by atoms with Gasteiger partial charge in [-0.05, 0) is 61.4 Å². The predicted molar refractivity (Wildman–Crippen MR) is 156 cm³/mol. The van der Waals surface area contributed by atoms with Crippen molar-refractivity contribution >= 4 is 57.4 Å². The second kappa shape index (κ2) is 12.0. The summed E-state index contributed by atoms with van der Waals surface area (Å²) in [6.07, 6.45) is 6.01. The van der Waals surface area contributed by atoms with Crippen LogP contribution in [-0.2, 0) is 16.1 Å². The first-order valence-corrected chi connectivity index (χ1v) is 14.5. The minimum absolute atomic E-state index is 0.0423. The second-order valence-corrected chi connectivity index (χ2v) is 11.4. The number of hydrogen-bond donors (Lipinski definition) is 1. The quantitative estimate of drug-likeness (QED) is 0.312. The van der Waals surface area contributed by atoms with Crippen molar-refractivity contribution in [3.8, 4) is 0 Å². The Morgan fingerprint density at radius 1 is 1.05 bits per heavy atom. The van der Waals surface area contributed by atoms with Crippen molar-refractivity contribution < 1.29 is 14.4 Å². The molecule has 1 aliphatic heterocycles. The van der Waals surface area contributed by atoms with E-state index in [4.69, 9.17) is 23.2 Å². The van der Waals surface area contributed by atoms with Crippen molar-refractivity contribution in [2.45, 2.75) is 70.5 Å². The van der Waals surface area contributed by atoms with Crippen molar-refractivity contribution in [3.05, 3.63) is 75.8 Å². The Kier molecular flexibility index (Phi) is 8.43. The normalized spacial score (nSPS) is 16.0. The molecule has 6 nitrogen and oxygen atoms in total. The zero-order valence-corrected chi connectivity index (χ0v) is 23.6. The van der Waals surface area contributed by atoms with Gasteiger partial charge in [-0.1, -0.05) is 72.8 Å². The van der Waals surface area contributed by atoms with Gasteiger partial charge in [-0.2, -0.15) is 0 Å². The molecule has 0 bridgehead atoms. The van der Waals surface area contributed by atoms with E-state index in [1.807, 2.05) is 36.4 Å². The molecule has 5 rings (SSSR count). The van der Waals surface area contributed by atoms with Crippen LogP contribution < -0.4 is 10.2 Å². The van der Waals surface area contributed by atoms with Crippen molar-refractivity contribution in [2.24, 2.45) is 0 Å². The molecule has 0 spiro atoms. The number of carbonyl (C=O) groups excluding carboxylic acids is 3. The Hall–Kier alpha value is -3.09. The first-order valence-electron chi connectivity index (χ1n) is 13.7. The van der Waals surface area contributed by atoms with Gasteiger partial charge in [0.1, 0.15) is 6.04 Å². The Morgan fingerprint density at radius 2 is 1.79 bits per heavy atom. The van der Waals surface area contributed by atoms with Gasteiger partial charge in [0, 0.05) is 46.5 Å². The third-order valence-electron chi connectivity index (χ3n) is 7.90. The molecule has 3 aromatic rings. The molecule has 1 heterocycles. The highest BCUT2D eigenvalue weighted by Crippen LogP contribution is 2.37. The summed E-state index contributed by atoms with van der Waals surface area (Å²) < 4.78 is 0. The number of benzene rings is 3. The molecular weight excluding hydrogens is 533 g/mol. The molecule has 1 fully saturated rings. The molecule has 8 heteroatoms. The number of halogens is 2. The Bertz CT molecular complexity index is 1400. The second-order valence-electron chi connectivity index (χ2n) is 10.5. The SMILES string of the molecule is C[C@@H](C(=O)NC1CCCCC1)N(Cc1ccc(Cl)cc1Cl)C(=O)CCCN1C(=O)c2cccc3cccc1c23. The van der Waals surface area contributed by atoms with Crippen LogP contribution in [0.1, 0.15) is 67.8 Å². The number of rotatable bonds is 9. The van der Waals surface area contributed by atoms with E-state index in [-0.39, 0.29) is 36.7 Å². The van der Waals surface area contributed by atoms with E-state index in [1.165, 1.54) is 6.42 Å². The fraction of sp³-hybridized carbons (Fsp3) is 0.387. The Balaban J connectivity index is 1.28. The lowest BCUT2D eigenvalue weighted by Gasteiger charge is -2.31. The van der Waals surface area contributed by atoms with Gasteiger partial charge in [-0.25, -0.2) is 0 Å². The Morgan fingerprint density at radius 3 is 2.54 bits per heavy atom. The molecule has 0 unspecified atom stereocenters. The molecule has 0 aromatic heterocycles. The van der Waals surface area contributed by atoms with Crippen LogP contribution in [0.3, 0.4) is 0 Å². The largest absolute Gasteiger partial charge is 0.352 e. The van der Waals surface area contributed by atoms with Crippen LogP contribution >= 0.6 is 23.2 Å². The highest BCUT2D eigenvalue weighted by molar-refractivity contribution is 6.35. The summed E-state index contributed by atoms with van der Waals surface area (Å²) >= 11 is 12.5. The summed E-state index contributed by atoms with van der Waals surface area (Å²) in [6, 6.07) is 16.3. The van der Waals surface area contributed by atoms with Gasteiger partial charge in [0.15, 0.2) is 0 Å². The maximum atomic E-state index is 13.6. The van der Waals surface area contributed by atoms with E-state index in [9.17, 15) is 14.4 Å². The van der Waals surface area contributed by atoms with Crippen LogP contribution in [0, 0.1) is 0 Å². The number of anilines is 1. The molecular formula is C31H33Cl2N3O3. The van der Waals surface area contributed by atoms with Crippen molar-refractivity contribution in [3.63, 3.8) is 0 Å². The van der Waals surface area contributed by atoms with Gasteiger partial charge in [-0.3, -0.25) is 14.4 Å². The van der Waals surface area contributed by atoms with Gasteiger partial charge in [-0.15, -0.1) is 0 Å². The standard InChI is InChI=1S/C31H33Cl2N3O3/c1-20(30(38)34-24-10-3-2-4-11-24)36(19-22-15-16-23(32)18-26(22)33)28(37)14-7-17-35-27-13-6-9-21-8-5-12-25(29(21)27)31(35)39/h5-6,8-9,12-13,15-16,18,20,24H,2-4,7,10-11,14,17,19H2,1H3,(H,34,38)/t20-/m0/s1. The maximum absolute atomic E-state index is 13.6. The summed E-state index contributed by atoms with van der Waals surface area (Å²) in [6.45, 7) is 2.37. The lowest BCUT2D eigenvalue weighted by molar-refractivity contribution is -0.141. The number of nitrogens with zero attached hydrogens (tertiary/aromatic N) is 2. The molecule has 1 saturated carbocycles. The molecule has 3 aromatic carbocycles. The van der Waals surface area contributed by atoms with Gasteiger partial charge in [0.2, 0.25) is 11.8 Å². The lowest BCUT2D eigenvalue weighted by Crippen LogP contribution is -2.50. The Labute approximate surface area is 239 Å². The zero-order chi connectivity index (χ0) is 27.5. The summed E-state index contributed by atoms with van der Waals surface area (Å²) in [5.41, 5.74) is 2.30. The monoisotopic (exact) mass is 565 g/mol. The van der Waals surface area contributed by atoms with Crippen molar-refractivity contribution in [2.75, 3.05) is 11.4 Å². The van der Waals surface area contributed by atoms with Crippen molar-refractivity contribution in [1.82, 2.24) is 10.2 Å². The van der Waals surface area contributed by atoms with Crippen LogP contribution in [0.5, 0.6) is 0 Å². The van der Waals surface area contributed by atoms with E-state index in [0.717, 1.165) is 47.7 Å². The van der Waals surface area contributed by atoms with Crippen molar-refractivity contribution in [1.29, 1.82) is 0 Å². The van der Waals surface area contributed by atoms with E-state index in [1.54, 1.807) is 34.9 Å². The van der Waals surface area contributed by atoms with E-state index in [2.05, 4.69) is 5.32 Å². The molecule has 1 atom stereocenters. The molecule has 3 amide bonds. The van der Waals surface area contributed by atoms with Crippen LogP contribution in [0.25, 0.3) is 10.8 Å². The highest BCUT2D eigenvalue weighted by atomic mass is 35.5. The van der Waals surface area contributed by atoms with Gasteiger partial charge in [0.25, 0.3) is 5.91 Å². The van der Waals surface area contributed by atoms with Crippen LogP contribution in [0.15, 0.2) is 54.6 Å². The van der Waals surface area contributed by atoms with Gasteiger partial charge in [0.05, 0.1) is 5.69 Å². The molecule has 0 radical (unpaired) electrons. The smallest absolute Gasteiger partial charge is 0.258 e. The summed E-state index contributed by atoms with van der Waals surface area (Å²) in [5, 5.41) is 6.10. The summed E-state index contributed by atoms with van der Waals surface area (Å²) in [4.78, 5) is 43.3. The highest BCUT2D eigenvalue weighted by Gasteiger charge is 2.31. The number of hydrogen-bond acceptors (Lipinski definition) is 3. The molecule has 39 heavy (non-hydrogen) atoms. The molecule has 2 aliphatic rings. The third kappa shape index (κ3) is 5.92. The maximum Gasteiger partial charge on any atom is 0.258 e. The summed E-state index contributed by atoms with van der Waals surface area (Å²) in [5.74, 6) is -0.355. The molecule has 204 valence electrons. The minimum atomic E-state index is -0.669. The average Bonchev–Trinajstić information content (AvgIpc) is 3.21. The van der Waals surface area contributed by atoms with Crippen LogP contribution in [0.2, 0.25) is 10.0 Å². The fourth-order valence-electron chi connectivity index (χ4n) is 5.72.